The molecule has 0 aromatic heterocycles. The van der Waals surface area contributed by atoms with Crippen LogP contribution in [0.25, 0.3) is 0 Å². The van der Waals surface area contributed by atoms with E-state index in [-0.39, 0.29) is 0 Å². The number of likely N-dealkylation sites (tertiary alicyclic amines) is 1. The monoisotopic (exact) mass is 248 g/mol. The summed E-state index contributed by atoms with van der Waals surface area (Å²) in [6.07, 6.45) is 1.20. The second-order valence-electron chi connectivity index (χ2n) is 5.47. The number of aryl methyl sites for hydroxylation is 1. The number of ether oxygens (including phenoxy) is 1. The first-order valence-corrected chi connectivity index (χ1v) is 6.71. The van der Waals surface area contributed by atoms with E-state index in [4.69, 9.17) is 10.5 Å². The lowest BCUT2D eigenvalue weighted by atomic mass is 9.94. The molecule has 0 bridgehead atoms. The van der Waals surface area contributed by atoms with Gasteiger partial charge in [0.05, 0.1) is 7.11 Å². The standard InChI is InChI=1S/C15H24N2O/c1-11-6-7-17(10-14(11)16)9-13-4-5-15(18-3)12(2)8-13/h4-5,8,11,14H,6-7,9-10,16H2,1-3H3. The van der Waals surface area contributed by atoms with E-state index >= 15 is 0 Å². The first-order chi connectivity index (χ1) is 8.60. The smallest absolute Gasteiger partial charge is 0.121 e. The third-order valence-electron chi connectivity index (χ3n) is 3.97. The molecule has 0 amide bonds. The van der Waals surface area contributed by atoms with Crippen molar-refractivity contribution in [3.63, 3.8) is 0 Å². The van der Waals surface area contributed by atoms with Crippen LogP contribution in [0.15, 0.2) is 18.2 Å². The minimum absolute atomic E-state index is 0.318. The summed E-state index contributed by atoms with van der Waals surface area (Å²) in [6.45, 7) is 7.49. The quantitative estimate of drug-likeness (QED) is 0.891. The van der Waals surface area contributed by atoms with Crippen LogP contribution in [0, 0.1) is 12.8 Å². The number of benzene rings is 1. The Labute approximate surface area is 110 Å². The minimum atomic E-state index is 0.318. The van der Waals surface area contributed by atoms with E-state index in [1.807, 2.05) is 0 Å². The topological polar surface area (TPSA) is 38.5 Å². The number of piperidine rings is 1. The molecule has 0 saturated carbocycles. The Morgan fingerprint density at radius 1 is 1.44 bits per heavy atom. The molecule has 3 heteroatoms. The van der Waals surface area contributed by atoms with Crippen molar-refractivity contribution >= 4 is 0 Å². The molecule has 0 radical (unpaired) electrons. The van der Waals surface area contributed by atoms with Crippen LogP contribution in [0.3, 0.4) is 0 Å². The lowest BCUT2D eigenvalue weighted by Gasteiger charge is -2.35. The highest BCUT2D eigenvalue weighted by molar-refractivity contribution is 5.36. The third-order valence-corrected chi connectivity index (χ3v) is 3.97. The van der Waals surface area contributed by atoms with Crippen molar-refractivity contribution in [3.8, 4) is 5.75 Å². The highest BCUT2D eigenvalue weighted by Crippen LogP contribution is 2.21. The molecule has 0 spiro atoms. The second kappa shape index (κ2) is 5.72. The lowest BCUT2D eigenvalue weighted by Crippen LogP contribution is -2.47. The van der Waals surface area contributed by atoms with E-state index in [9.17, 15) is 0 Å². The van der Waals surface area contributed by atoms with E-state index in [1.54, 1.807) is 7.11 Å². The molecule has 1 aliphatic heterocycles. The van der Waals surface area contributed by atoms with Crippen LogP contribution in [0.2, 0.25) is 0 Å². The molecule has 1 aliphatic rings. The predicted octanol–water partition coefficient (Wildman–Crippen LogP) is 2.17. The Hall–Kier alpha value is -1.06. The Bertz CT molecular complexity index is 405. The largest absolute Gasteiger partial charge is 0.496 e. The van der Waals surface area contributed by atoms with Gasteiger partial charge in [0.1, 0.15) is 5.75 Å². The van der Waals surface area contributed by atoms with E-state index in [0.29, 0.717) is 12.0 Å². The Kier molecular flexibility index (Phi) is 4.25. The first kappa shape index (κ1) is 13.4. The zero-order valence-electron chi connectivity index (χ0n) is 11.6. The third kappa shape index (κ3) is 3.03. The highest BCUT2D eigenvalue weighted by atomic mass is 16.5. The SMILES string of the molecule is COc1ccc(CN2CCC(C)C(N)C2)cc1C. The summed E-state index contributed by atoms with van der Waals surface area (Å²) in [5.41, 5.74) is 8.68. The second-order valence-corrected chi connectivity index (χ2v) is 5.47. The number of nitrogens with two attached hydrogens (primary N) is 1. The minimum Gasteiger partial charge on any atom is -0.496 e. The summed E-state index contributed by atoms with van der Waals surface area (Å²) >= 11 is 0. The highest BCUT2D eigenvalue weighted by Gasteiger charge is 2.22. The van der Waals surface area contributed by atoms with E-state index in [1.165, 1.54) is 17.5 Å². The fraction of sp³-hybridized carbons (Fsp3) is 0.600. The molecule has 1 fully saturated rings. The lowest BCUT2D eigenvalue weighted by molar-refractivity contribution is 0.162. The normalized spacial score (nSPS) is 25.1. The van der Waals surface area contributed by atoms with Crippen LogP contribution in [-0.2, 0) is 6.54 Å². The van der Waals surface area contributed by atoms with Gasteiger partial charge in [-0.2, -0.15) is 0 Å². The summed E-state index contributed by atoms with van der Waals surface area (Å²) in [6, 6.07) is 6.73. The van der Waals surface area contributed by atoms with Crippen LogP contribution in [-0.4, -0.2) is 31.1 Å². The Balaban J connectivity index is 1.99. The molecule has 18 heavy (non-hydrogen) atoms. The van der Waals surface area contributed by atoms with Gasteiger partial charge in [-0.15, -0.1) is 0 Å². The molecule has 1 heterocycles. The Morgan fingerprint density at radius 2 is 2.22 bits per heavy atom. The van der Waals surface area contributed by atoms with Gasteiger partial charge in [-0.25, -0.2) is 0 Å². The van der Waals surface area contributed by atoms with Gasteiger partial charge < -0.3 is 10.5 Å². The van der Waals surface area contributed by atoms with Crippen molar-refractivity contribution in [1.82, 2.24) is 4.90 Å². The van der Waals surface area contributed by atoms with Crippen LogP contribution < -0.4 is 10.5 Å². The molecular formula is C15H24N2O. The molecule has 2 unspecified atom stereocenters. The van der Waals surface area contributed by atoms with Crippen LogP contribution in [0.5, 0.6) is 5.75 Å². The van der Waals surface area contributed by atoms with Crippen molar-refractivity contribution in [3.05, 3.63) is 29.3 Å². The zero-order valence-corrected chi connectivity index (χ0v) is 11.6. The van der Waals surface area contributed by atoms with Crippen LogP contribution in [0.4, 0.5) is 0 Å². The molecule has 100 valence electrons. The molecule has 2 N–H and O–H groups in total. The predicted molar refractivity (Wildman–Crippen MR) is 74.8 cm³/mol. The first-order valence-electron chi connectivity index (χ1n) is 6.71. The molecular weight excluding hydrogens is 224 g/mol. The summed E-state index contributed by atoms with van der Waals surface area (Å²) in [5.74, 6) is 1.61. The maximum Gasteiger partial charge on any atom is 0.121 e. The maximum absolute atomic E-state index is 6.14. The Morgan fingerprint density at radius 3 is 2.83 bits per heavy atom. The van der Waals surface area contributed by atoms with Crippen molar-refractivity contribution < 1.29 is 4.74 Å². The number of hydrogen-bond donors (Lipinski definition) is 1. The van der Waals surface area contributed by atoms with Gasteiger partial charge in [-0.3, -0.25) is 4.90 Å². The zero-order chi connectivity index (χ0) is 13.1. The van der Waals surface area contributed by atoms with Gasteiger partial charge in [-0.05, 0) is 43.0 Å². The van der Waals surface area contributed by atoms with Crippen molar-refractivity contribution in [2.45, 2.75) is 32.9 Å². The average molecular weight is 248 g/mol. The molecule has 0 aliphatic carbocycles. The number of hydrogen-bond acceptors (Lipinski definition) is 3. The van der Waals surface area contributed by atoms with Gasteiger partial charge in [0.15, 0.2) is 0 Å². The fourth-order valence-corrected chi connectivity index (χ4v) is 2.61. The van der Waals surface area contributed by atoms with Gasteiger partial charge in [0.2, 0.25) is 0 Å². The van der Waals surface area contributed by atoms with E-state index in [2.05, 4.69) is 36.9 Å². The van der Waals surface area contributed by atoms with Crippen molar-refractivity contribution in [2.24, 2.45) is 11.7 Å². The van der Waals surface area contributed by atoms with E-state index < -0.39 is 0 Å². The maximum atomic E-state index is 6.14. The number of nitrogens with zero attached hydrogens (tertiary/aromatic N) is 1. The van der Waals surface area contributed by atoms with Gasteiger partial charge in [0, 0.05) is 19.1 Å². The summed E-state index contributed by atoms with van der Waals surface area (Å²) < 4.78 is 5.29. The summed E-state index contributed by atoms with van der Waals surface area (Å²) in [5, 5.41) is 0. The fourth-order valence-electron chi connectivity index (χ4n) is 2.61. The van der Waals surface area contributed by atoms with Gasteiger partial charge in [-0.1, -0.05) is 19.1 Å². The average Bonchev–Trinajstić information content (AvgIpc) is 2.34. The van der Waals surface area contributed by atoms with Crippen molar-refractivity contribution in [2.75, 3.05) is 20.2 Å². The molecule has 2 atom stereocenters. The van der Waals surface area contributed by atoms with Crippen LogP contribution in [0.1, 0.15) is 24.5 Å². The van der Waals surface area contributed by atoms with Crippen LogP contribution >= 0.6 is 0 Å². The van der Waals surface area contributed by atoms with Gasteiger partial charge >= 0.3 is 0 Å². The summed E-state index contributed by atoms with van der Waals surface area (Å²) in [7, 11) is 1.72. The molecule has 1 aromatic carbocycles. The number of methoxy groups -OCH3 is 1. The molecule has 2 rings (SSSR count). The van der Waals surface area contributed by atoms with E-state index in [0.717, 1.165) is 25.4 Å². The summed E-state index contributed by atoms with van der Waals surface area (Å²) in [4.78, 5) is 2.45. The molecule has 3 nitrogen and oxygen atoms in total. The molecule has 1 saturated heterocycles. The number of rotatable bonds is 3. The van der Waals surface area contributed by atoms with Gasteiger partial charge in [0.25, 0.3) is 0 Å². The van der Waals surface area contributed by atoms with Crippen molar-refractivity contribution in [1.29, 1.82) is 0 Å². The molecule has 1 aromatic rings.